The molecule has 0 spiro atoms. The predicted octanol–water partition coefficient (Wildman–Crippen LogP) is 2.43. The summed E-state index contributed by atoms with van der Waals surface area (Å²) in [4.78, 5) is 10.9. The lowest BCUT2D eigenvalue weighted by Crippen LogP contribution is -2.13. The molecule has 0 unspecified atom stereocenters. The molecule has 1 aromatic carbocycles. The Morgan fingerprint density at radius 1 is 1.33 bits per heavy atom. The highest BCUT2D eigenvalue weighted by molar-refractivity contribution is 7.93. The smallest absolute Gasteiger partial charge is 0.345 e. The summed E-state index contributed by atoms with van der Waals surface area (Å²) < 4.78 is 26.9. The molecule has 0 aliphatic carbocycles. The maximum absolute atomic E-state index is 12.3. The van der Waals surface area contributed by atoms with Crippen molar-refractivity contribution in [1.82, 2.24) is 0 Å². The van der Waals surface area contributed by atoms with E-state index in [9.17, 15) is 13.2 Å². The van der Waals surface area contributed by atoms with E-state index in [2.05, 4.69) is 4.72 Å². The third kappa shape index (κ3) is 3.21. The Kier molecular flexibility index (Phi) is 3.97. The zero-order valence-corrected chi connectivity index (χ0v) is 12.5. The highest BCUT2D eigenvalue weighted by Gasteiger charge is 2.19. The highest BCUT2D eigenvalue weighted by Crippen LogP contribution is 2.26. The molecule has 0 radical (unpaired) electrons. The molecule has 1 aromatic heterocycles. The summed E-state index contributed by atoms with van der Waals surface area (Å²) in [7, 11) is -3.82. The number of benzene rings is 1. The molecule has 2 aromatic rings. The zero-order chi connectivity index (χ0) is 15.6. The number of aryl methyl sites for hydroxylation is 1. The molecular formula is C13H10N2O4S2. The van der Waals surface area contributed by atoms with Crippen LogP contribution in [0.5, 0.6) is 0 Å². The molecule has 21 heavy (non-hydrogen) atoms. The summed E-state index contributed by atoms with van der Waals surface area (Å²) in [5.74, 6) is -1.11. The monoisotopic (exact) mass is 322 g/mol. The average molecular weight is 322 g/mol. The number of thiophene rings is 1. The summed E-state index contributed by atoms with van der Waals surface area (Å²) in [5, 5.41) is 17.8. The summed E-state index contributed by atoms with van der Waals surface area (Å²) in [6.45, 7) is 1.59. The van der Waals surface area contributed by atoms with E-state index in [0.29, 0.717) is 11.1 Å². The molecule has 6 nitrogen and oxygen atoms in total. The maximum atomic E-state index is 12.3. The summed E-state index contributed by atoms with van der Waals surface area (Å²) in [6.07, 6.45) is 0. The van der Waals surface area contributed by atoms with Gasteiger partial charge in [-0.05, 0) is 42.8 Å². The number of carboxylic acids is 1. The van der Waals surface area contributed by atoms with Crippen molar-refractivity contribution in [2.45, 2.75) is 11.8 Å². The fourth-order valence-electron chi connectivity index (χ4n) is 1.72. The van der Waals surface area contributed by atoms with E-state index in [1.807, 2.05) is 6.07 Å². The van der Waals surface area contributed by atoms with Crippen molar-refractivity contribution in [3.05, 3.63) is 46.3 Å². The van der Waals surface area contributed by atoms with E-state index in [0.717, 1.165) is 11.3 Å². The normalized spacial score (nSPS) is 10.9. The quantitative estimate of drug-likeness (QED) is 0.899. The molecule has 0 fully saturated rings. The Morgan fingerprint density at radius 3 is 2.57 bits per heavy atom. The van der Waals surface area contributed by atoms with Crippen molar-refractivity contribution in [1.29, 1.82) is 5.26 Å². The topological polar surface area (TPSA) is 107 Å². The van der Waals surface area contributed by atoms with E-state index < -0.39 is 16.0 Å². The van der Waals surface area contributed by atoms with E-state index in [1.54, 1.807) is 6.92 Å². The van der Waals surface area contributed by atoms with Crippen molar-refractivity contribution in [3.63, 3.8) is 0 Å². The fraction of sp³-hybridized carbons (Fsp3) is 0.0769. The van der Waals surface area contributed by atoms with Gasteiger partial charge in [-0.1, -0.05) is 0 Å². The third-order valence-electron chi connectivity index (χ3n) is 2.65. The van der Waals surface area contributed by atoms with Gasteiger partial charge in [0.05, 0.1) is 16.5 Å². The first-order valence-electron chi connectivity index (χ1n) is 5.70. The molecule has 0 aliphatic heterocycles. The van der Waals surface area contributed by atoms with Gasteiger partial charge in [-0.3, -0.25) is 4.72 Å². The van der Waals surface area contributed by atoms with Crippen LogP contribution in [0.15, 0.2) is 35.2 Å². The first kappa shape index (κ1) is 15.0. The minimum absolute atomic E-state index is 0.0456. The van der Waals surface area contributed by atoms with Crippen LogP contribution >= 0.6 is 11.3 Å². The molecular weight excluding hydrogens is 312 g/mol. The van der Waals surface area contributed by atoms with Crippen LogP contribution in [-0.2, 0) is 10.0 Å². The van der Waals surface area contributed by atoms with Crippen LogP contribution in [-0.4, -0.2) is 19.5 Å². The first-order valence-corrected chi connectivity index (χ1v) is 8.00. The number of carbonyl (C=O) groups is 1. The van der Waals surface area contributed by atoms with Gasteiger partial charge in [0, 0.05) is 0 Å². The van der Waals surface area contributed by atoms with E-state index in [1.165, 1.54) is 30.3 Å². The van der Waals surface area contributed by atoms with E-state index in [-0.39, 0.29) is 14.8 Å². The number of nitriles is 1. The first-order chi connectivity index (χ1) is 9.83. The average Bonchev–Trinajstić information content (AvgIpc) is 2.86. The van der Waals surface area contributed by atoms with Gasteiger partial charge in [0.2, 0.25) is 0 Å². The van der Waals surface area contributed by atoms with Gasteiger partial charge in [-0.2, -0.15) is 5.26 Å². The lowest BCUT2D eigenvalue weighted by atomic mass is 10.2. The predicted molar refractivity (Wildman–Crippen MR) is 78.0 cm³/mol. The van der Waals surface area contributed by atoms with Crippen LogP contribution in [0.1, 0.15) is 20.8 Å². The number of nitrogens with one attached hydrogen (secondary N) is 1. The molecule has 0 saturated heterocycles. The van der Waals surface area contributed by atoms with E-state index >= 15 is 0 Å². The minimum atomic E-state index is -3.82. The highest BCUT2D eigenvalue weighted by atomic mass is 32.2. The van der Waals surface area contributed by atoms with Crippen LogP contribution < -0.4 is 4.72 Å². The third-order valence-corrected chi connectivity index (χ3v) is 5.29. The molecule has 8 heteroatoms. The molecule has 0 atom stereocenters. The minimum Gasteiger partial charge on any atom is -0.477 e. The number of aromatic carboxylic acids is 1. The number of sulfonamides is 1. The number of anilines is 1. The molecule has 0 saturated carbocycles. The van der Waals surface area contributed by atoms with Crippen molar-refractivity contribution in [3.8, 4) is 6.07 Å². The number of rotatable bonds is 4. The molecule has 2 rings (SSSR count). The largest absolute Gasteiger partial charge is 0.477 e. The summed E-state index contributed by atoms with van der Waals surface area (Å²) >= 11 is 0.834. The number of carboxylic acid groups (broad SMARTS) is 1. The van der Waals surface area contributed by atoms with Gasteiger partial charge < -0.3 is 5.11 Å². The lowest BCUT2D eigenvalue weighted by Gasteiger charge is -2.08. The van der Waals surface area contributed by atoms with Gasteiger partial charge in [-0.15, -0.1) is 11.3 Å². The van der Waals surface area contributed by atoms with Crippen molar-refractivity contribution < 1.29 is 18.3 Å². The number of nitrogens with zero attached hydrogens (tertiary/aromatic N) is 1. The van der Waals surface area contributed by atoms with Crippen LogP contribution in [0.2, 0.25) is 0 Å². The Hall–Kier alpha value is -2.37. The standard InChI is InChI=1S/C13H10N2O4S2/c1-8-6-9(7-14)2-4-11(8)21(18,19)15-12-5-3-10(20-12)13(16)17/h2-6,15H,1H3,(H,16,17). The van der Waals surface area contributed by atoms with E-state index in [4.69, 9.17) is 10.4 Å². The Morgan fingerprint density at radius 2 is 2.05 bits per heavy atom. The van der Waals surface area contributed by atoms with Crippen LogP contribution in [0.3, 0.4) is 0 Å². The summed E-state index contributed by atoms with van der Waals surface area (Å²) in [6, 6.07) is 8.90. The van der Waals surface area contributed by atoms with Crippen LogP contribution in [0.4, 0.5) is 5.00 Å². The number of hydrogen-bond donors (Lipinski definition) is 2. The van der Waals surface area contributed by atoms with Crippen molar-refractivity contribution in [2.24, 2.45) is 0 Å². The maximum Gasteiger partial charge on any atom is 0.345 e. The van der Waals surface area contributed by atoms with Gasteiger partial charge >= 0.3 is 5.97 Å². The second-order valence-electron chi connectivity index (χ2n) is 4.17. The van der Waals surface area contributed by atoms with Gasteiger partial charge in [0.25, 0.3) is 10.0 Å². The van der Waals surface area contributed by atoms with Crippen molar-refractivity contribution in [2.75, 3.05) is 4.72 Å². The van der Waals surface area contributed by atoms with Gasteiger partial charge in [0.1, 0.15) is 9.88 Å². The van der Waals surface area contributed by atoms with Gasteiger partial charge in [-0.25, -0.2) is 13.2 Å². The van der Waals surface area contributed by atoms with Gasteiger partial charge in [0.15, 0.2) is 0 Å². The zero-order valence-electron chi connectivity index (χ0n) is 10.8. The second kappa shape index (κ2) is 5.55. The Balaban J connectivity index is 2.34. The molecule has 2 N–H and O–H groups in total. The lowest BCUT2D eigenvalue weighted by molar-refractivity contribution is 0.0702. The summed E-state index contributed by atoms with van der Waals surface area (Å²) in [5.41, 5.74) is 0.812. The fourth-order valence-corrected chi connectivity index (χ4v) is 3.98. The molecule has 0 amide bonds. The Labute approximate surface area is 125 Å². The second-order valence-corrected chi connectivity index (χ2v) is 6.90. The Bertz CT molecular complexity index is 847. The SMILES string of the molecule is Cc1cc(C#N)ccc1S(=O)(=O)Nc1ccc(C(=O)O)s1. The molecule has 0 aliphatic rings. The number of hydrogen-bond acceptors (Lipinski definition) is 5. The van der Waals surface area contributed by atoms with Crippen LogP contribution in [0.25, 0.3) is 0 Å². The molecule has 1 heterocycles. The molecule has 0 bridgehead atoms. The van der Waals surface area contributed by atoms with Crippen LogP contribution in [0, 0.1) is 18.3 Å². The molecule has 108 valence electrons. The van der Waals surface area contributed by atoms with Crippen molar-refractivity contribution >= 4 is 32.3 Å².